The van der Waals surface area contributed by atoms with Crippen LogP contribution in [0.25, 0.3) is 0 Å². The monoisotopic (exact) mass is 327 g/mol. The lowest BCUT2D eigenvalue weighted by Gasteiger charge is -2.28. The van der Waals surface area contributed by atoms with Crippen molar-refractivity contribution in [1.29, 1.82) is 0 Å². The molecule has 1 fully saturated rings. The van der Waals surface area contributed by atoms with Crippen molar-refractivity contribution >= 4 is 21.6 Å². The summed E-state index contributed by atoms with van der Waals surface area (Å²) in [5, 5.41) is 8.13. The van der Waals surface area contributed by atoms with Crippen molar-refractivity contribution in [3.63, 3.8) is 0 Å². The maximum atomic E-state index is 11.7. The predicted octanol–water partition coefficient (Wildman–Crippen LogP) is 1.12. The average Bonchev–Trinajstić information content (AvgIpc) is 2.86. The Bertz CT molecular complexity index is 593. The molecule has 1 aromatic heterocycles. The molecule has 0 bridgehead atoms. The summed E-state index contributed by atoms with van der Waals surface area (Å²) in [4.78, 5) is 8.58. The van der Waals surface area contributed by atoms with Crippen molar-refractivity contribution in [1.82, 2.24) is 15.2 Å². The molecule has 2 heterocycles. The van der Waals surface area contributed by atoms with Crippen molar-refractivity contribution in [3.8, 4) is 0 Å². The number of rotatable bonds is 7. The summed E-state index contributed by atoms with van der Waals surface area (Å²) in [5.74, 6) is 1.75. The smallest absolute Gasteiger partial charge is 0.247 e. The zero-order valence-electron chi connectivity index (χ0n) is 13.6. The third kappa shape index (κ3) is 4.06. The van der Waals surface area contributed by atoms with Crippen LogP contribution in [-0.2, 0) is 9.84 Å². The van der Waals surface area contributed by atoms with Gasteiger partial charge in [-0.25, -0.2) is 8.42 Å². The summed E-state index contributed by atoms with van der Waals surface area (Å²) < 4.78 is 23.4. The van der Waals surface area contributed by atoms with Crippen molar-refractivity contribution in [2.24, 2.45) is 0 Å². The van der Waals surface area contributed by atoms with Gasteiger partial charge in [-0.3, -0.25) is 0 Å². The Labute approximate surface area is 132 Å². The van der Waals surface area contributed by atoms with Crippen LogP contribution in [0.5, 0.6) is 0 Å². The van der Waals surface area contributed by atoms with Gasteiger partial charge in [-0.2, -0.15) is 10.1 Å². The quantitative estimate of drug-likeness (QED) is 0.742. The second-order valence-corrected chi connectivity index (χ2v) is 7.96. The van der Waals surface area contributed by atoms with Crippen LogP contribution in [0.15, 0.2) is 6.20 Å². The first kappa shape index (κ1) is 16.9. The van der Waals surface area contributed by atoms with Crippen LogP contribution in [-0.4, -0.2) is 61.3 Å². The van der Waals surface area contributed by atoms with Crippen LogP contribution in [0.1, 0.15) is 33.1 Å². The molecule has 0 aromatic carbocycles. The minimum atomic E-state index is -2.91. The number of nitrogens with zero attached hydrogens (tertiary/aromatic N) is 5. The van der Waals surface area contributed by atoms with Crippen LogP contribution in [0.3, 0.4) is 0 Å². The second kappa shape index (κ2) is 7.21. The first-order chi connectivity index (χ1) is 10.5. The highest BCUT2D eigenvalue weighted by molar-refractivity contribution is 7.91. The molecule has 124 valence electrons. The molecule has 1 saturated heterocycles. The largest absolute Gasteiger partial charge is 0.351 e. The van der Waals surface area contributed by atoms with E-state index < -0.39 is 9.84 Å². The van der Waals surface area contributed by atoms with E-state index in [2.05, 4.69) is 22.1 Å². The number of aromatic nitrogens is 3. The molecule has 1 aliphatic rings. The molecule has 0 amide bonds. The Morgan fingerprint density at radius 2 is 2.14 bits per heavy atom. The zero-order valence-corrected chi connectivity index (χ0v) is 14.4. The first-order valence-electron chi connectivity index (χ1n) is 7.84. The molecule has 0 radical (unpaired) electrons. The lowest BCUT2D eigenvalue weighted by molar-refractivity contribution is 0.599. The maximum Gasteiger partial charge on any atom is 0.247 e. The van der Waals surface area contributed by atoms with Gasteiger partial charge in [0.05, 0.1) is 17.7 Å². The number of sulfone groups is 1. The van der Waals surface area contributed by atoms with Crippen molar-refractivity contribution in [3.05, 3.63) is 6.20 Å². The van der Waals surface area contributed by atoms with E-state index in [0.717, 1.165) is 19.4 Å². The van der Waals surface area contributed by atoms with Gasteiger partial charge in [0.25, 0.3) is 0 Å². The Kier molecular flexibility index (Phi) is 5.55. The summed E-state index contributed by atoms with van der Waals surface area (Å²) >= 11 is 0. The van der Waals surface area contributed by atoms with Gasteiger partial charge in [0.15, 0.2) is 15.7 Å². The molecular weight excluding hydrogens is 302 g/mol. The first-order valence-corrected chi connectivity index (χ1v) is 9.67. The predicted molar refractivity (Wildman–Crippen MR) is 88.1 cm³/mol. The van der Waals surface area contributed by atoms with Crippen molar-refractivity contribution < 1.29 is 8.42 Å². The molecule has 1 aliphatic heterocycles. The van der Waals surface area contributed by atoms with Crippen LogP contribution < -0.4 is 9.80 Å². The third-order valence-electron chi connectivity index (χ3n) is 4.01. The molecule has 7 nitrogen and oxygen atoms in total. The van der Waals surface area contributed by atoms with E-state index in [1.165, 1.54) is 0 Å². The summed E-state index contributed by atoms with van der Waals surface area (Å²) in [6, 6.07) is -0.0134. The molecule has 1 unspecified atom stereocenters. The van der Waals surface area contributed by atoms with Gasteiger partial charge in [0, 0.05) is 26.2 Å². The molecule has 8 heteroatoms. The van der Waals surface area contributed by atoms with Crippen LogP contribution in [0.4, 0.5) is 11.8 Å². The van der Waals surface area contributed by atoms with Crippen molar-refractivity contribution in [2.75, 3.05) is 41.4 Å². The number of anilines is 2. The molecule has 0 spiro atoms. The normalized spacial score (nSPS) is 20.0. The van der Waals surface area contributed by atoms with Crippen LogP contribution in [0.2, 0.25) is 0 Å². The molecule has 1 atom stereocenters. The van der Waals surface area contributed by atoms with E-state index >= 15 is 0 Å². The lowest BCUT2D eigenvalue weighted by Crippen LogP contribution is -2.37. The van der Waals surface area contributed by atoms with Gasteiger partial charge in [0.2, 0.25) is 5.95 Å². The van der Waals surface area contributed by atoms with Crippen molar-refractivity contribution in [2.45, 2.75) is 39.2 Å². The molecule has 1 aromatic rings. The highest BCUT2D eigenvalue weighted by atomic mass is 32.2. The highest BCUT2D eigenvalue weighted by Crippen LogP contribution is 2.23. The lowest BCUT2D eigenvalue weighted by atomic mass is 10.2. The van der Waals surface area contributed by atoms with Crippen LogP contribution in [0, 0.1) is 0 Å². The Balaban J connectivity index is 2.16. The Morgan fingerprint density at radius 1 is 1.36 bits per heavy atom. The molecular formula is C14H25N5O2S. The SMILES string of the molecule is CCCCN(C)c1nncc(N(CC)C2CCS(=O)(=O)C2)n1. The van der Waals surface area contributed by atoms with E-state index in [0.29, 0.717) is 24.7 Å². The molecule has 0 aliphatic carbocycles. The van der Waals surface area contributed by atoms with Gasteiger partial charge in [-0.15, -0.1) is 5.10 Å². The molecule has 0 N–H and O–H groups in total. The summed E-state index contributed by atoms with van der Waals surface area (Å²) in [6.07, 6.45) is 4.45. The molecule has 2 rings (SSSR count). The summed E-state index contributed by atoms with van der Waals surface area (Å²) in [6.45, 7) is 5.73. The summed E-state index contributed by atoms with van der Waals surface area (Å²) in [7, 11) is -0.962. The van der Waals surface area contributed by atoms with Gasteiger partial charge >= 0.3 is 0 Å². The van der Waals surface area contributed by atoms with Crippen LogP contribution >= 0.6 is 0 Å². The minimum Gasteiger partial charge on any atom is -0.351 e. The fraction of sp³-hybridized carbons (Fsp3) is 0.786. The standard InChI is InChI=1S/C14H25N5O2S/c1-4-6-8-18(3)14-16-13(10-15-17-14)19(5-2)12-7-9-22(20,21)11-12/h10,12H,4-9,11H2,1-3H3. The maximum absolute atomic E-state index is 11.7. The number of hydrogen-bond acceptors (Lipinski definition) is 7. The van der Waals surface area contributed by atoms with Gasteiger partial charge < -0.3 is 9.80 Å². The van der Waals surface area contributed by atoms with E-state index in [9.17, 15) is 8.42 Å². The fourth-order valence-electron chi connectivity index (χ4n) is 2.71. The second-order valence-electron chi connectivity index (χ2n) is 5.73. The average molecular weight is 327 g/mol. The molecule has 0 saturated carbocycles. The Morgan fingerprint density at radius 3 is 2.73 bits per heavy atom. The summed E-state index contributed by atoms with van der Waals surface area (Å²) in [5.41, 5.74) is 0. The third-order valence-corrected chi connectivity index (χ3v) is 5.76. The number of hydrogen-bond donors (Lipinski definition) is 0. The highest BCUT2D eigenvalue weighted by Gasteiger charge is 2.32. The van der Waals surface area contributed by atoms with Gasteiger partial charge in [-0.1, -0.05) is 13.3 Å². The minimum absolute atomic E-state index is 0.0134. The van der Waals surface area contributed by atoms with Gasteiger partial charge in [-0.05, 0) is 19.8 Å². The fourth-order valence-corrected chi connectivity index (χ4v) is 4.44. The molecule has 22 heavy (non-hydrogen) atoms. The van der Waals surface area contributed by atoms with E-state index in [-0.39, 0.29) is 17.5 Å². The van der Waals surface area contributed by atoms with E-state index in [1.54, 1.807) is 6.20 Å². The Hall–Kier alpha value is -1.44. The van der Waals surface area contributed by atoms with E-state index in [4.69, 9.17) is 0 Å². The topological polar surface area (TPSA) is 79.3 Å². The number of unbranched alkanes of at least 4 members (excludes halogenated alkanes) is 1. The van der Waals surface area contributed by atoms with Gasteiger partial charge in [0.1, 0.15) is 0 Å². The van der Waals surface area contributed by atoms with E-state index in [1.807, 2.05) is 23.8 Å². The zero-order chi connectivity index (χ0) is 16.2.